The van der Waals surface area contributed by atoms with Crippen LogP contribution in [0.5, 0.6) is 0 Å². The van der Waals surface area contributed by atoms with Crippen molar-refractivity contribution in [1.29, 1.82) is 0 Å². The summed E-state index contributed by atoms with van der Waals surface area (Å²) in [6.07, 6.45) is 5.13. The molecule has 0 spiro atoms. The first kappa shape index (κ1) is 16.7. The lowest BCUT2D eigenvalue weighted by Crippen LogP contribution is -2.53. The number of sulfonamides is 1. The molecule has 0 aromatic heterocycles. The molecule has 2 heterocycles. The van der Waals surface area contributed by atoms with E-state index < -0.39 is 10.0 Å². The molecular formula is C14H27N3O3S. The number of rotatable bonds is 4. The van der Waals surface area contributed by atoms with Crippen molar-refractivity contribution < 1.29 is 13.2 Å². The summed E-state index contributed by atoms with van der Waals surface area (Å²) in [5.41, 5.74) is 0. The lowest BCUT2D eigenvalue weighted by atomic mass is 9.92. The molecule has 3 atom stereocenters. The van der Waals surface area contributed by atoms with Gasteiger partial charge in [-0.05, 0) is 44.1 Å². The van der Waals surface area contributed by atoms with Gasteiger partial charge in [-0.1, -0.05) is 6.92 Å². The van der Waals surface area contributed by atoms with Gasteiger partial charge in [-0.25, -0.2) is 13.1 Å². The molecule has 0 aromatic carbocycles. The van der Waals surface area contributed by atoms with Gasteiger partial charge in [-0.3, -0.25) is 4.79 Å². The summed E-state index contributed by atoms with van der Waals surface area (Å²) in [4.78, 5) is 14.5. The van der Waals surface area contributed by atoms with E-state index in [1.165, 1.54) is 6.26 Å². The van der Waals surface area contributed by atoms with E-state index in [1.807, 2.05) is 4.90 Å². The molecule has 0 aromatic rings. The van der Waals surface area contributed by atoms with Crippen LogP contribution in [0.1, 0.15) is 32.6 Å². The fourth-order valence-electron chi connectivity index (χ4n) is 3.22. The second kappa shape index (κ2) is 7.07. The smallest absolute Gasteiger partial charge is 0.239 e. The summed E-state index contributed by atoms with van der Waals surface area (Å²) >= 11 is 0. The quantitative estimate of drug-likeness (QED) is 0.774. The number of hydrogen-bond donors (Lipinski definition) is 2. The largest absolute Gasteiger partial charge is 0.341 e. The Labute approximate surface area is 127 Å². The van der Waals surface area contributed by atoms with Gasteiger partial charge in [0.05, 0.1) is 12.3 Å². The zero-order valence-corrected chi connectivity index (χ0v) is 13.8. The van der Waals surface area contributed by atoms with Crippen molar-refractivity contribution in [3.63, 3.8) is 0 Å². The molecule has 2 N–H and O–H groups in total. The molecule has 0 radical (unpaired) electrons. The molecule has 7 heteroatoms. The van der Waals surface area contributed by atoms with Gasteiger partial charge in [0.25, 0.3) is 0 Å². The van der Waals surface area contributed by atoms with Crippen molar-refractivity contribution >= 4 is 15.9 Å². The fraction of sp³-hybridized carbons (Fsp3) is 0.929. The summed E-state index contributed by atoms with van der Waals surface area (Å²) in [6, 6.07) is -0.0598. The number of carbonyl (C=O) groups excluding carboxylic acids is 1. The Morgan fingerprint density at radius 1 is 1.38 bits per heavy atom. The monoisotopic (exact) mass is 317 g/mol. The maximum atomic E-state index is 12.6. The van der Waals surface area contributed by atoms with Gasteiger partial charge >= 0.3 is 0 Å². The molecule has 3 unspecified atom stereocenters. The summed E-state index contributed by atoms with van der Waals surface area (Å²) < 4.78 is 24.9. The first-order chi connectivity index (χ1) is 9.85. The lowest BCUT2D eigenvalue weighted by molar-refractivity contribution is -0.136. The average molecular weight is 317 g/mol. The lowest BCUT2D eigenvalue weighted by Gasteiger charge is -2.37. The zero-order valence-electron chi connectivity index (χ0n) is 13.0. The van der Waals surface area contributed by atoms with Gasteiger partial charge < -0.3 is 10.2 Å². The van der Waals surface area contributed by atoms with Gasteiger partial charge in [-0.2, -0.15) is 0 Å². The maximum Gasteiger partial charge on any atom is 0.239 e. The van der Waals surface area contributed by atoms with E-state index in [2.05, 4.69) is 17.0 Å². The second-order valence-electron chi connectivity index (χ2n) is 6.55. The van der Waals surface area contributed by atoms with Crippen molar-refractivity contribution in [2.45, 2.75) is 38.6 Å². The summed E-state index contributed by atoms with van der Waals surface area (Å²) in [7, 11) is -3.15. The Bertz CT molecular complexity index is 466. The van der Waals surface area contributed by atoms with Crippen LogP contribution < -0.4 is 10.0 Å². The molecule has 0 bridgehead atoms. The average Bonchev–Trinajstić information content (AvgIpc) is 2.44. The topological polar surface area (TPSA) is 78.5 Å². The van der Waals surface area contributed by atoms with E-state index >= 15 is 0 Å². The first-order valence-corrected chi connectivity index (χ1v) is 9.71. The third-order valence-corrected chi connectivity index (χ3v) is 5.12. The SMILES string of the molecule is CC1CCNC(C(=O)N2CCCC(CNS(C)(=O)=O)C2)C1. The Hall–Kier alpha value is -0.660. The van der Waals surface area contributed by atoms with Crippen LogP contribution in [-0.4, -0.2) is 57.7 Å². The number of hydrogen-bond acceptors (Lipinski definition) is 4. The zero-order chi connectivity index (χ0) is 15.5. The van der Waals surface area contributed by atoms with Gasteiger partial charge in [-0.15, -0.1) is 0 Å². The summed E-state index contributed by atoms with van der Waals surface area (Å²) in [5.74, 6) is 0.997. The standard InChI is InChI=1S/C14H27N3O3S/c1-11-5-6-15-13(8-11)14(18)17-7-3-4-12(10-17)9-16-21(2,19)20/h11-13,15-16H,3-10H2,1-2H3. The van der Waals surface area contributed by atoms with Crippen molar-refractivity contribution in [1.82, 2.24) is 14.9 Å². The molecule has 2 rings (SSSR count). The molecule has 2 fully saturated rings. The number of carbonyl (C=O) groups is 1. The number of likely N-dealkylation sites (tertiary alicyclic amines) is 1. The van der Waals surface area contributed by atoms with E-state index in [-0.39, 0.29) is 17.9 Å². The van der Waals surface area contributed by atoms with Gasteiger partial charge in [0.1, 0.15) is 0 Å². The number of piperidine rings is 2. The highest BCUT2D eigenvalue weighted by atomic mass is 32.2. The molecule has 0 saturated carbocycles. The molecule has 2 aliphatic heterocycles. The van der Waals surface area contributed by atoms with Crippen LogP contribution in [0.25, 0.3) is 0 Å². The normalized spacial score (nSPS) is 31.1. The third-order valence-electron chi connectivity index (χ3n) is 4.43. The highest BCUT2D eigenvalue weighted by Gasteiger charge is 2.31. The Morgan fingerprint density at radius 3 is 2.81 bits per heavy atom. The molecule has 2 aliphatic rings. The summed E-state index contributed by atoms with van der Waals surface area (Å²) in [5, 5.41) is 3.31. The summed E-state index contributed by atoms with van der Waals surface area (Å²) in [6.45, 7) is 4.98. The molecule has 2 saturated heterocycles. The fourth-order valence-corrected chi connectivity index (χ4v) is 3.76. The van der Waals surface area contributed by atoms with Crippen molar-refractivity contribution in [3.05, 3.63) is 0 Å². The predicted molar refractivity (Wildman–Crippen MR) is 82.3 cm³/mol. The van der Waals surface area contributed by atoms with Gasteiger partial charge in [0.2, 0.25) is 15.9 Å². The van der Waals surface area contributed by atoms with Gasteiger partial charge in [0, 0.05) is 19.6 Å². The van der Waals surface area contributed by atoms with Crippen molar-refractivity contribution in [2.24, 2.45) is 11.8 Å². The van der Waals surface area contributed by atoms with Gasteiger partial charge in [0.15, 0.2) is 0 Å². The maximum absolute atomic E-state index is 12.6. The molecular weight excluding hydrogens is 290 g/mol. The van der Waals surface area contributed by atoms with E-state index in [1.54, 1.807) is 0 Å². The van der Waals surface area contributed by atoms with E-state index in [4.69, 9.17) is 0 Å². The van der Waals surface area contributed by atoms with Crippen LogP contribution >= 0.6 is 0 Å². The molecule has 0 aliphatic carbocycles. The van der Waals surface area contributed by atoms with Crippen LogP contribution in [0, 0.1) is 11.8 Å². The molecule has 122 valence electrons. The van der Waals surface area contributed by atoms with E-state index in [0.717, 1.165) is 38.8 Å². The first-order valence-electron chi connectivity index (χ1n) is 7.82. The minimum atomic E-state index is -3.15. The van der Waals surface area contributed by atoms with Crippen LogP contribution in [0.15, 0.2) is 0 Å². The third kappa shape index (κ3) is 5.23. The van der Waals surface area contributed by atoms with Crippen LogP contribution in [0.3, 0.4) is 0 Å². The van der Waals surface area contributed by atoms with Crippen molar-refractivity contribution in [3.8, 4) is 0 Å². The highest BCUT2D eigenvalue weighted by Crippen LogP contribution is 2.21. The highest BCUT2D eigenvalue weighted by molar-refractivity contribution is 7.88. The van der Waals surface area contributed by atoms with Crippen LogP contribution in [-0.2, 0) is 14.8 Å². The van der Waals surface area contributed by atoms with Crippen LogP contribution in [0.2, 0.25) is 0 Å². The molecule has 6 nitrogen and oxygen atoms in total. The van der Waals surface area contributed by atoms with E-state index in [9.17, 15) is 13.2 Å². The molecule has 1 amide bonds. The predicted octanol–water partition coefficient (Wildman–Crippen LogP) is 0.162. The minimum Gasteiger partial charge on any atom is -0.341 e. The van der Waals surface area contributed by atoms with E-state index in [0.29, 0.717) is 19.0 Å². The van der Waals surface area contributed by atoms with Crippen molar-refractivity contribution in [2.75, 3.05) is 32.4 Å². The minimum absolute atomic E-state index is 0.0598. The number of nitrogens with one attached hydrogen (secondary N) is 2. The second-order valence-corrected chi connectivity index (χ2v) is 8.38. The number of nitrogens with zero attached hydrogens (tertiary/aromatic N) is 1. The molecule has 21 heavy (non-hydrogen) atoms. The Morgan fingerprint density at radius 2 is 2.14 bits per heavy atom. The van der Waals surface area contributed by atoms with Crippen LogP contribution in [0.4, 0.5) is 0 Å². The Balaban J connectivity index is 1.86. The Kier molecular flexibility index (Phi) is 5.62. The number of amides is 1.